The molecule has 0 saturated carbocycles. The van der Waals surface area contributed by atoms with E-state index in [2.05, 4.69) is 10.2 Å². The van der Waals surface area contributed by atoms with Gasteiger partial charge in [-0.15, -0.1) is 21.5 Å². The molecule has 0 unspecified atom stereocenters. The summed E-state index contributed by atoms with van der Waals surface area (Å²) < 4.78 is 15.3. The molecular weight excluding hydrogens is 419 g/mol. The molecule has 0 saturated heterocycles. The Balaban J connectivity index is 1.57. The van der Waals surface area contributed by atoms with Crippen LogP contribution in [0.15, 0.2) is 77.3 Å². The summed E-state index contributed by atoms with van der Waals surface area (Å²) in [6.07, 6.45) is 0. The Morgan fingerprint density at radius 1 is 1.07 bits per heavy atom. The van der Waals surface area contributed by atoms with E-state index in [4.69, 9.17) is 0 Å². The van der Waals surface area contributed by atoms with Crippen LogP contribution in [-0.4, -0.2) is 38.4 Å². The topological polar surface area (TPSA) is 51.0 Å². The van der Waals surface area contributed by atoms with Gasteiger partial charge in [-0.25, -0.2) is 4.39 Å². The molecule has 0 radical (unpaired) electrons. The standard InChI is InChI=1S/C22H19FN4OS2/c1-26(14-19-8-5-13-29-19)20(28)15-30-22-25-24-21(16-6-3-2-4-7-16)27(22)18-11-9-17(23)10-12-18/h2-13H,14-15H2,1H3. The van der Waals surface area contributed by atoms with Crippen LogP contribution in [0.2, 0.25) is 0 Å². The predicted octanol–water partition coefficient (Wildman–Crippen LogP) is 4.89. The van der Waals surface area contributed by atoms with Crippen LogP contribution in [0.1, 0.15) is 4.88 Å². The number of thioether (sulfide) groups is 1. The van der Waals surface area contributed by atoms with Gasteiger partial charge in [-0.3, -0.25) is 9.36 Å². The fourth-order valence-electron chi connectivity index (χ4n) is 2.92. The highest BCUT2D eigenvalue weighted by atomic mass is 32.2. The Bertz CT molecular complexity index is 1110. The molecule has 152 valence electrons. The van der Waals surface area contributed by atoms with Gasteiger partial charge in [-0.1, -0.05) is 48.2 Å². The Kier molecular flexibility index (Phi) is 6.25. The van der Waals surface area contributed by atoms with E-state index in [1.165, 1.54) is 23.9 Å². The first kappa shape index (κ1) is 20.3. The largest absolute Gasteiger partial charge is 0.340 e. The van der Waals surface area contributed by atoms with E-state index in [-0.39, 0.29) is 17.5 Å². The van der Waals surface area contributed by atoms with Crippen LogP contribution in [0.25, 0.3) is 17.1 Å². The number of thiophene rings is 1. The van der Waals surface area contributed by atoms with Gasteiger partial charge in [0.1, 0.15) is 5.82 Å². The third-order valence-corrected chi connectivity index (χ3v) is 6.25. The summed E-state index contributed by atoms with van der Waals surface area (Å²) in [5, 5.41) is 11.2. The molecule has 0 aliphatic heterocycles. The van der Waals surface area contributed by atoms with Crippen molar-refractivity contribution in [3.63, 3.8) is 0 Å². The molecule has 4 rings (SSSR count). The zero-order chi connectivity index (χ0) is 20.9. The van der Waals surface area contributed by atoms with Crippen molar-refractivity contribution in [1.29, 1.82) is 0 Å². The second kappa shape index (κ2) is 9.23. The Labute approximate surface area is 182 Å². The molecule has 5 nitrogen and oxygen atoms in total. The lowest BCUT2D eigenvalue weighted by molar-refractivity contribution is -0.127. The van der Waals surface area contributed by atoms with Gasteiger partial charge < -0.3 is 4.90 Å². The van der Waals surface area contributed by atoms with Gasteiger partial charge in [0.05, 0.1) is 12.3 Å². The molecule has 0 N–H and O–H groups in total. The van der Waals surface area contributed by atoms with Gasteiger partial charge in [-0.2, -0.15) is 0 Å². The highest BCUT2D eigenvalue weighted by Crippen LogP contribution is 2.28. The molecular formula is C22H19FN4OS2. The van der Waals surface area contributed by atoms with E-state index in [1.807, 2.05) is 52.4 Å². The lowest BCUT2D eigenvalue weighted by Gasteiger charge is -2.16. The van der Waals surface area contributed by atoms with Crippen molar-refractivity contribution in [2.45, 2.75) is 11.7 Å². The average molecular weight is 439 g/mol. The normalized spacial score (nSPS) is 10.9. The van der Waals surface area contributed by atoms with Crippen LogP contribution < -0.4 is 0 Å². The van der Waals surface area contributed by atoms with E-state index < -0.39 is 0 Å². The Morgan fingerprint density at radius 2 is 1.83 bits per heavy atom. The highest BCUT2D eigenvalue weighted by Gasteiger charge is 2.18. The number of hydrogen-bond donors (Lipinski definition) is 0. The second-order valence-electron chi connectivity index (χ2n) is 6.60. The fourth-order valence-corrected chi connectivity index (χ4v) is 4.57. The molecule has 1 amide bonds. The van der Waals surface area contributed by atoms with Crippen LogP contribution in [-0.2, 0) is 11.3 Å². The third kappa shape index (κ3) is 4.60. The number of carbonyl (C=O) groups is 1. The molecule has 0 atom stereocenters. The first-order valence-electron chi connectivity index (χ1n) is 9.28. The highest BCUT2D eigenvalue weighted by molar-refractivity contribution is 7.99. The maximum absolute atomic E-state index is 13.5. The molecule has 4 aromatic rings. The zero-order valence-corrected chi connectivity index (χ0v) is 17.9. The van der Waals surface area contributed by atoms with E-state index in [0.29, 0.717) is 17.5 Å². The minimum atomic E-state index is -0.312. The number of aromatic nitrogens is 3. The monoisotopic (exact) mass is 438 g/mol. The van der Waals surface area contributed by atoms with Crippen LogP contribution in [0.4, 0.5) is 4.39 Å². The number of benzene rings is 2. The van der Waals surface area contributed by atoms with Crippen molar-refractivity contribution in [2.24, 2.45) is 0 Å². The van der Waals surface area contributed by atoms with Gasteiger partial charge in [0, 0.05) is 23.2 Å². The summed E-state index contributed by atoms with van der Waals surface area (Å²) >= 11 is 2.95. The number of rotatable bonds is 7. The van der Waals surface area contributed by atoms with Crippen LogP contribution in [0.5, 0.6) is 0 Å². The number of hydrogen-bond acceptors (Lipinski definition) is 5. The van der Waals surface area contributed by atoms with E-state index >= 15 is 0 Å². The Hall–Kier alpha value is -2.97. The van der Waals surface area contributed by atoms with Gasteiger partial charge in [0.15, 0.2) is 11.0 Å². The summed E-state index contributed by atoms with van der Waals surface area (Å²) in [6, 6.07) is 19.8. The van der Waals surface area contributed by atoms with Crippen molar-refractivity contribution in [3.8, 4) is 17.1 Å². The van der Waals surface area contributed by atoms with Gasteiger partial charge in [0.25, 0.3) is 0 Å². The van der Waals surface area contributed by atoms with E-state index in [1.54, 1.807) is 35.4 Å². The maximum Gasteiger partial charge on any atom is 0.233 e. The molecule has 0 aliphatic carbocycles. The molecule has 0 aliphatic rings. The van der Waals surface area contributed by atoms with Crippen molar-refractivity contribution in [2.75, 3.05) is 12.8 Å². The van der Waals surface area contributed by atoms with Gasteiger partial charge >= 0.3 is 0 Å². The maximum atomic E-state index is 13.5. The summed E-state index contributed by atoms with van der Waals surface area (Å²) in [6.45, 7) is 0.580. The molecule has 2 heterocycles. The van der Waals surface area contributed by atoms with Crippen molar-refractivity contribution in [1.82, 2.24) is 19.7 Å². The van der Waals surface area contributed by atoms with Crippen molar-refractivity contribution in [3.05, 3.63) is 82.8 Å². The van der Waals surface area contributed by atoms with Gasteiger partial charge in [0.2, 0.25) is 5.91 Å². The summed E-state index contributed by atoms with van der Waals surface area (Å²) in [4.78, 5) is 15.5. The number of amides is 1. The van der Waals surface area contributed by atoms with Gasteiger partial charge in [-0.05, 0) is 35.7 Å². The minimum Gasteiger partial charge on any atom is -0.340 e. The third-order valence-electron chi connectivity index (χ3n) is 4.47. The van der Waals surface area contributed by atoms with E-state index in [0.717, 1.165) is 16.1 Å². The van der Waals surface area contributed by atoms with Crippen LogP contribution in [0, 0.1) is 5.82 Å². The molecule has 8 heteroatoms. The average Bonchev–Trinajstić information content (AvgIpc) is 3.43. The van der Waals surface area contributed by atoms with Crippen LogP contribution >= 0.6 is 23.1 Å². The fraction of sp³-hybridized carbons (Fsp3) is 0.136. The molecule has 0 spiro atoms. The number of nitrogens with zero attached hydrogens (tertiary/aromatic N) is 4. The molecule has 2 aromatic carbocycles. The lowest BCUT2D eigenvalue weighted by atomic mass is 10.2. The number of halogens is 1. The van der Waals surface area contributed by atoms with Crippen molar-refractivity contribution >= 4 is 29.0 Å². The SMILES string of the molecule is CN(Cc1cccs1)C(=O)CSc1nnc(-c2ccccc2)n1-c1ccc(F)cc1. The first-order valence-corrected chi connectivity index (χ1v) is 11.1. The smallest absolute Gasteiger partial charge is 0.233 e. The molecule has 0 bridgehead atoms. The van der Waals surface area contributed by atoms with Crippen molar-refractivity contribution < 1.29 is 9.18 Å². The lowest BCUT2D eigenvalue weighted by Crippen LogP contribution is -2.27. The summed E-state index contributed by atoms with van der Waals surface area (Å²) in [5.74, 6) is 0.566. The summed E-state index contributed by atoms with van der Waals surface area (Å²) in [7, 11) is 1.79. The zero-order valence-electron chi connectivity index (χ0n) is 16.2. The molecule has 30 heavy (non-hydrogen) atoms. The molecule has 2 aromatic heterocycles. The predicted molar refractivity (Wildman–Crippen MR) is 118 cm³/mol. The second-order valence-corrected chi connectivity index (χ2v) is 8.58. The van der Waals surface area contributed by atoms with Crippen LogP contribution in [0.3, 0.4) is 0 Å². The minimum absolute atomic E-state index is 0.00307. The summed E-state index contributed by atoms with van der Waals surface area (Å²) in [5.41, 5.74) is 1.63. The quantitative estimate of drug-likeness (QED) is 0.386. The first-order chi connectivity index (χ1) is 14.6. The number of carbonyl (C=O) groups excluding carboxylic acids is 1. The van der Waals surface area contributed by atoms with E-state index in [9.17, 15) is 9.18 Å². The Morgan fingerprint density at radius 3 is 2.53 bits per heavy atom. The molecule has 0 fully saturated rings.